The maximum absolute atomic E-state index is 3.16. The van der Waals surface area contributed by atoms with Gasteiger partial charge in [0.25, 0.3) is 0 Å². The van der Waals surface area contributed by atoms with Crippen molar-refractivity contribution in [3.8, 4) is 23.7 Å². The van der Waals surface area contributed by atoms with Gasteiger partial charge in [0.1, 0.15) is 0 Å². The minimum Gasteiger partial charge on any atom is -0.309 e. The topological polar surface area (TPSA) is 3.24 Å². The average molecular weight is 290 g/mol. The van der Waals surface area contributed by atoms with Crippen LogP contribution in [0.2, 0.25) is 0 Å². The van der Waals surface area contributed by atoms with Gasteiger partial charge in [-0.3, -0.25) is 0 Å². The van der Waals surface area contributed by atoms with Crippen LogP contribution in [0.25, 0.3) is 0 Å². The maximum atomic E-state index is 3.16. The van der Waals surface area contributed by atoms with Crippen molar-refractivity contribution in [2.75, 3.05) is 20.6 Å². The standard InChI is InChI=1S/C20H35N/c1-4-5-6-7-8-9-10-11-12-13-14-15-16-17-18-19-20-21(2)3/h4-6,11-20H2,1-3H3. The van der Waals surface area contributed by atoms with Crippen molar-refractivity contribution in [3.05, 3.63) is 0 Å². The molecule has 0 rings (SSSR count). The summed E-state index contributed by atoms with van der Waals surface area (Å²) in [7, 11) is 4.30. The summed E-state index contributed by atoms with van der Waals surface area (Å²) < 4.78 is 0. The fourth-order valence-electron chi connectivity index (χ4n) is 2.18. The van der Waals surface area contributed by atoms with Crippen LogP contribution < -0.4 is 0 Å². The molecule has 0 aliphatic rings. The second-order valence-electron chi connectivity index (χ2n) is 6.09. The van der Waals surface area contributed by atoms with E-state index in [9.17, 15) is 0 Å². The van der Waals surface area contributed by atoms with Gasteiger partial charge in [-0.05, 0) is 51.7 Å². The Morgan fingerprint density at radius 2 is 1.10 bits per heavy atom. The zero-order chi connectivity index (χ0) is 15.6. The van der Waals surface area contributed by atoms with Gasteiger partial charge in [0.15, 0.2) is 0 Å². The predicted octanol–water partition coefficient (Wildman–Crippen LogP) is 5.26. The molecule has 120 valence electrons. The molecule has 0 aromatic heterocycles. The lowest BCUT2D eigenvalue weighted by Gasteiger charge is -2.08. The zero-order valence-corrected chi connectivity index (χ0v) is 14.6. The van der Waals surface area contributed by atoms with Crippen molar-refractivity contribution >= 4 is 0 Å². The van der Waals surface area contributed by atoms with Crippen LogP contribution in [0.1, 0.15) is 84.0 Å². The van der Waals surface area contributed by atoms with E-state index in [2.05, 4.69) is 49.6 Å². The van der Waals surface area contributed by atoms with Gasteiger partial charge in [-0.15, -0.1) is 0 Å². The molecule has 0 aromatic carbocycles. The summed E-state index contributed by atoms with van der Waals surface area (Å²) >= 11 is 0. The Labute approximate surface area is 133 Å². The van der Waals surface area contributed by atoms with Crippen LogP contribution in [0.15, 0.2) is 0 Å². The van der Waals surface area contributed by atoms with Gasteiger partial charge >= 0.3 is 0 Å². The molecule has 0 saturated heterocycles. The maximum Gasteiger partial charge on any atom is 0.00989 e. The minimum atomic E-state index is 1.000. The molecule has 0 unspecified atom stereocenters. The average Bonchev–Trinajstić information content (AvgIpc) is 2.46. The van der Waals surface area contributed by atoms with Crippen LogP contribution in [-0.4, -0.2) is 25.5 Å². The van der Waals surface area contributed by atoms with E-state index in [-0.39, 0.29) is 0 Å². The van der Waals surface area contributed by atoms with E-state index in [1.54, 1.807) is 0 Å². The summed E-state index contributed by atoms with van der Waals surface area (Å²) in [4.78, 5) is 2.27. The molecule has 0 spiro atoms. The molecule has 0 heterocycles. The molecule has 0 fully saturated rings. The molecule has 0 N–H and O–H groups in total. The molecule has 0 bridgehead atoms. The molecule has 1 heteroatoms. The molecule has 0 radical (unpaired) electrons. The molecule has 0 atom stereocenters. The molecule has 0 saturated carbocycles. The number of nitrogens with zero attached hydrogens (tertiary/aromatic N) is 1. The van der Waals surface area contributed by atoms with E-state index in [0.29, 0.717) is 0 Å². The highest BCUT2D eigenvalue weighted by Gasteiger charge is 1.93. The van der Waals surface area contributed by atoms with Crippen molar-refractivity contribution in [1.29, 1.82) is 0 Å². The first-order valence-corrected chi connectivity index (χ1v) is 8.87. The van der Waals surface area contributed by atoms with Crippen molar-refractivity contribution in [2.45, 2.75) is 84.0 Å². The molecular formula is C20H35N. The third kappa shape index (κ3) is 19.1. The fraction of sp³-hybridized carbons (Fsp3) is 0.800. The molecule has 0 aromatic rings. The zero-order valence-electron chi connectivity index (χ0n) is 14.6. The van der Waals surface area contributed by atoms with Gasteiger partial charge < -0.3 is 4.90 Å². The van der Waals surface area contributed by atoms with Crippen LogP contribution in [0.5, 0.6) is 0 Å². The highest BCUT2D eigenvalue weighted by molar-refractivity contribution is 5.25. The Morgan fingerprint density at radius 3 is 1.62 bits per heavy atom. The minimum absolute atomic E-state index is 1.000. The smallest absolute Gasteiger partial charge is 0.00989 e. The van der Waals surface area contributed by atoms with Crippen LogP contribution in [0.4, 0.5) is 0 Å². The van der Waals surface area contributed by atoms with Crippen molar-refractivity contribution < 1.29 is 0 Å². The van der Waals surface area contributed by atoms with Gasteiger partial charge in [-0.25, -0.2) is 0 Å². The van der Waals surface area contributed by atoms with E-state index >= 15 is 0 Å². The van der Waals surface area contributed by atoms with Crippen LogP contribution in [0, 0.1) is 23.7 Å². The largest absolute Gasteiger partial charge is 0.309 e. The van der Waals surface area contributed by atoms with E-state index in [1.165, 1.54) is 70.8 Å². The molecule has 0 aliphatic heterocycles. The van der Waals surface area contributed by atoms with Crippen molar-refractivity contribution in [3.63, 3.8) is 0 Å². The van der Waals surface area contributed by atoms with Crippen LogP contribution in [0.3, 0.4) is 0 Å². The number of hydrogen-bond acceptors (Lipinski definition) is 1. The summed E-state index contributed by atoms with van der Waals surface area (Å²) in [6.07, 6.45) is 15.3. The van der Waals surface area contributed by atoms with Crippen molar-refractivity contribution in [2.24, 2.45) is 0 Å². The quantitative estimate of drug-likeness (QED) is 0.350. The predicted molar refractivity (Wildman–Crippen MR) is 95.2 cm³/mol. The first kappa shape index (κ1) is 20.1. The highest BCUT2D eigenvalue weighted by Crippen LogP contribution is 2.09. The Balaban J connectivity index is 3.18. The normalized spacial score (nSPS) is 9.90. The lowest BCUT2D eigenvalue weighted by atomic mass is 10.1. The Morgan fingerprint density at radius 1 is 0.619 bits per heavy atom. The van der Waals surface area contributed by atoms with Gasteiger partial charge in [-0.1, -0.05) is 63.7 Å². The molecular weight excluding hydrogens is 254 g/mol. The number of rotatable bonds is 12. The number of unbranched alkanes of at least 4 members (excludes halogenated alkanes) is 10. The molecule has 21 heavy (non-hydrogen) atoms. The van der Waals surface area contributed by atoms with E-state index in [0.717, 1.165) is 12.8 Å². The summed E-state index contributed by atoms with van der Waals surface area (Å²) in [6.45, 7) is 3.43. The van der Waals surface area contributed by atoms with E-state index < -0.39 is 0 Å². The second kappa shape index (κ2) is 17.1. The molecule has 1 nitrogen and oxygen atoms in total. The Bertz CT molecular complexity index is 321. The Kier molecular flexibility index (Phi) is 16.4. The van der Waals surface area contributed by atoms with Crippen LogP contribution >= 0.6 is 0 Å². The molecule has 0 amide bonds. The SMILES string of the molecule is CCCCC#CC#CCCCCCCCCCCN(C)C. The number of hydrogen-bond donors (Lipinski definition) is 0. The third-order valence-electron chi connectivity index (χ3n) is 3.55. The first-order valence-electron chi connectivity index (χ1n) is 8.87. The Hall–Kier alpha value is -0.920. The third-order valence-corrected chi connectivity index (χ3v) is 3.55. The van der Waals surface area contributed by atoms with E-state index in [1.807, 2.05) is 0 Å². The highest BCUT2D eigenvalue weighted by atomic mass is 15.0. The lowest BCUT2D eigenvalue weighted by molar-refractivity contribution is 0.389. The van der Waals surface area contributed by atoms with E-state index in [4.69, 9.17) is 0 Å². The monoisotopic (exact) mass is 289 g/mol. The van der Waals surface area contributed by atoms with Gasteiger partial charge in [0.05, 0.1) is 0 Å². The van der Waals surface area contributed by atoms with Crippen LogP contribution in [-0.2, 0) is 0 Å². The fourth-order valence-corrected chi connectivity index (χ4v) is 2.18. The lowest BCUT2D eigenvalue weighted by Crippen LogP contribution is -2.12. The van der Waals surface area contributed by atoms with Gasteiger partial charge in [0, 0.05) is 12.8 Å². The van der Waals surface area contributed by atoms with Gasteiger partial charge in [0.2, 0.25) is 0 Å². The first-order chi connectivity index (χ1) is 10.3. The summed E-state index contributed by atoms with van der Waals surface area (Å²) in [5, 5.41) is 0. The molecule has 0 aliphatic carbocycles. The summed E-state index contributed by atoms with van der Waals surface area (Å²) in [5.74, 6) is 12.2. The van der Waals surface area contributed by atoms with Crippen molar-refractivity contribution in [1.82, 2.24) is 4.90 Å². The second-order valence-corrected chi connectivity index (χ2v) is 6.09. The summed E-state index contributed by atoms with van der Waals surface area (Å²) in [5.41, 5.74) is 0. The summed E-state index contributed by atoms with van der Waals surface area (Å²) in [6, 6.07) is 0. The van der Waals surface area contributed by atoms with Gasteiger partial charge in [-0.2, -0.15) is 0 Å².